The van der Waals surface area contributed by atoms with Crippen LogP contribution in [0.1, 0.15) is 49.7 Å². The summed E-state index contributed by atoms with van der Waals surface area (Å²) in [6.45, 7) is 4.83. The van der Waals surface area contributed by atoms with Crippen LogP contribution in [0.3, 0.4) is 0 Å². The summed E-state index contributed by atoms with van der Waals surface area (Å²) in [5.74, 6) is 2.71. The average Bonchev–Trinajstić information content (AvgIpc) is 2.83. The van der Waals surface area contributed by atoms with Gasteiger partial charge in [-0.3, -0.25) is 0 Å². The first-order chi connectivity index (χ1) is 9.86. The molecular formula is C16H25N3O. The minimum absolute atomic E-state index is 0.605. The maximum absolute atomic E-state index is 5.47. The van der Waals surface area contributed by atoms with E-state index in [1.165, 1.54) is 30.5 Å². The van der Waals surface area contributed by atoms with E-state index in [1.54, 1.807) is 0 Å². The minimum atomic E-state index is 0.605. The molecule has 0 radical (unpaired) electrons. The fourth-order valence-corrected chi connectivity index (χ4v) is 3.23. The topological polar surface area (TPSA) is 47.0 Å². The molecule has 0 saturated carbocycles. The highest BCUT2D eigenvalue weighted by Crippen LogP contribution is 2.26. The van der Waals surface area contributed by atoms with Crippen LogP contribution in [0.5, 0.6) is 0 Å². The third kappa shape index (κ3) is 3.11. The zero-order valence-electron chi connectivity index (χ0n) is 12.5. The van der Waals surface area contributed by atoms with Gasteiger partial charge in [0.25, 0.3) is 0 Å². The molecule has 3 rings (SSSR count). The lowest BCUT2D eigenvalue weighted by Crippen LogP contribution is -2.14. The number of rotatable bonds is 4. The Morgan fingerprint density at radius 2 is 2.10 bits per heavy atom. The Kier molecular flexibility index (Phi) is 4.51. The van der Waals surface area contributed by atoms with Crippen LogP contribution >= 0.6 is 0 Å². The number of aromatic nitrogens is 2. The summed E-state index contributed by atoms with van der Waals surface area (Å²) >= 11 is 0. The molecule has 1 unspecified atom stereocenters. The molecule has 110 valence electrons. The quantitative estimate of drug-likeness (QED) is 0.858. The molecule has 1 aromatic heterocycles. The molecule has 1 aliphatic heterocycles. The predicted octanol–water partition coefficient (Wildman–Crippen LogP) is 2.76. The van der Waals surface area contributed by atoms with Gasteiger partial charge in [-0.15, -0.1) is 0 Å². The highest BCUT2D eigenvalue weighted by Gasteiger charge is 2.21. The lowest BCUT2D eigenvalue weighted by atomic mass is 10.0. The standard InChI is InChI=1S/C16H25N3O/c1-2-17-16-13-6-4-3-5-7-14(13)18-15(19-16)10-12-8-9-20-11-12/h12H,2-11H2,1H3,(H,17,18,19). The summed E-state index contributed by atoms with van der Waals surface area (Å²) in [7, 11) is 0. The summed E-state index contributed by atoms with van der Waals surface area (Å²) in [4.78, 5) is 9.68. The molecule has 0 spiro atoms. The highest BCUT2D eigenvalue weighted by atomic mass is 16.5. The number of anilines is 1. The van der Waals surface area contributed by atoms with Crippen molar-refractivity contribution in [1.29, 1.82) is 0 Å². The molecule has 4 nitrogen and oxygen atoms in total. The van der Waals surface area contributed by atoms with Crippen LogP contribution in [0.2, 0.25) is 0 Å². The second kappa shape index (κ2) is 6.53. The van der Waals surface area contributed by atoms with Gasteiger partial charge < -0.3 is 10.1 Å². The highest BCUT2D eigenvalue weighted by molar-refractivity contribution is 5.47. The van der Waals surface area contributed by atoms with Crippen molar-refractivity contribution in [3.05, 3.63) is 17.1 Å². The number of aryl methyl sites for hydroxylation is 1. The van der Waals surface area contributed by atoms with Gasteiger partial charge in [-0.05, 0) is 44.9 Å². The van der Waals surface area contributed by atoms with Crippen molar-refractivity contribution in [2.24, 2.45) is 5.92 Å². The number of ether oxygens (including phenoxy) is 1. The van der Waals surface area contributed by atoms with Crippen molar-refractivity contribution >= 4 is 5.82 Å². The first-order valence-corrected chi connectivity index (χ1v) is 8.07. The van der Waals surface area contributed by atoms with Gasteiger partial charge in [0.05, 0.1) is 0 Å². The molecule has 0 amide bonds. The smallest absolute Gasteiger partial charge is 0.133 e. The van der Waals surface area contributed by atoms with Crippen LogP contribution in [0, 0.1) is 5.92 Å². The average molecular weight is 275 g/mol. The van der Waals surface area contributed by atoms with Gasteiger partial charge in [0, 0.05) is 37.4 Å². The normalized spacial score (nSPS) is 22.4. The molecule has 1 aliphatic carbocycles. The molecule has 4 heteroatoms. The molecule has 1 N–H and O–H groups in total. The van der Waals surface area contributed by atoms with Crippen LogP contribution in [0.25, 0.3) is 0 Å². The van der Waals surface area contributed by atoms with Gasteiger partial charge in [-0.25, -0.2) is 9.97 Å². The Morgan fingerprint density at radius 1 is 1.20 bits per heavy atom. The van der Waals surface area contributed by atoms with Crippen LogP contribution < -0.4 is 5.32 Å². The van der Waals surface area contributed by atoms with E-state index in [1.807, 2.05) is 0 Å². The van der Waals surface area contributed by atoms with Gasteiger partial charge in [0.2, 0.25) is 0 Å². The summed E-state index contributed by atoms with van der Waals surface area (Å²) < 4.78 is 5.47. The molecule has 1 atom stereocenters. The van der Waals surface area contributed by atoms with Gasteiger partial charge >= 0.3 is 0 Å². The molecule has 20 heavy (non-hydrogen) atoms. The summed E-state index contributed by atoms with van der Waals surface area (Å²) in [6.07, 6.45) is 8.21. The first kappa shape index (κ1) is 13.8. The number of nitrogens with one attached hydrogen (secondary N) is 1. The van der Waals surface area contributed by atoms with E-state index in [-0.39, 0.29) is 0 Å². The predicted molar refractivity (Wildman–Crippen MR) is 80.1 cm³/mol. The summed E-state index contributed by atoms with van der Waals surface area (Å²) in [5, 5.41) is 3.45. The maximum atomic E-state index is 5.47. The zero-order chi connectivity index (χ0) is 13.8. The molecule has 1 aromatic rings. The molecule has 1 saturated heterocycles. The van der Waals surface area contributed by atoms with E-state index in [9.17, 15) is 0 Å². The number of nitrogens with zero attached hydrogens (tertiary/aromatic N) is 2. The van der Waals surface area contributed by atoms with Crippen molar-refractivity contribution < 1.29 is 4.74 Å². The van der Waals surface area contributed by atoms with Crippen LogP contribution in [-0.4, -0.2) is 29.7 Å². The van der Waals surface area contributed by atoms with Crippen molar-refractivity contribution in [2.45, 2.75) is 51.9 Å². The summed E-state index contributed by atoms with van der Waals surface area (Å²) in [6, 6.07) is 0. The molecule has 0 aromatic carbocycles. The Bertz CT molecular complexity index is 455. The van der Waals surface area contributed by atoms with E-state index < -0.39 is 0 Å². The van der Waals surface area contributed by atoms with Gasteiger partial charge in [0.1, 0.15) is 11.6 Å². The van der Waals surface area contributed by atoms with E-state index in [0.717, 1.165) is 57.1 Å². The van der Waals surface area contributed by atoms with Crippen molar-refractivity contribution in [3.8, 4) is 0 Å². The van der Waals surface area contributed by atoms with Crippen LogP contribution in [0.15, 0.2) is 0 Å². The number of hydrogen-bond donors (Lipinski definition) is 1. The fraction of sp³-hybridized carbons (Fsp3) is 0.750. The minimum Gasteiger partial charge on any atom is -0.381 e. The van der Waals surface area contributed by atoms with Crippen LogP contribution in [0.4, 0.5) is 5.82 Å². The molecule has 1 fully saturated rings. The largest absolute Gasteiger partial charge is 0.381 e. The monoisotopic (exact) mass is 275 g/mol. The Labute approximate surface area is 121 Å². The lowest BCUT2D eigenvalue weighted by Gasteiger charge is -2.15. The number of fused-ring (bicyclic) bond motifs is 1. The molecule has 0 bridgehead atoms. The molecule has 2 aliphatic rings. The van der Waals surface area contributed by atoms with Gasteiger partial charge in [-0.1, -0.05) is 6.42 Å². The lowest BCUT2D eigenvalue weighted by molar-refractivity contribution is 0.185. The van der Waals surface area contributed by atoms with Crippen molar-refractivity contribution in [3.63, 3.8) is 0 Å². The Hall–Kier alpha value is -1.16. The van der Waals surface area contributed by atoms with E-state index in [2.05, 4.69) is 12.2 Å². The zero-order valence-corrected chi connectivity index (χ0v) is 12.5. The fourth-order valence-electron chi connectivity index (χ4n) is 3.23. The van der Waals surface area contributed by atoms with E-state index in [4.69, 9.17) is 14.7 Å². The first-order valence-electron chi connectivity index (χ1n) is 8.07. The second-order valence-corrected chi connectivity index (χ2v) is 5.94. The van der Waals surface area contributed by atoms with Gasteiger partial charge in [-0.2, -0.15) is 0 Å². The van der Waals surface area contributed by atoms with Gasteiger partial charge in [0.15, 0.2) is 0 Å². The number of hydrogen-bond acceptors (Lipinski definition) is 4. The third-order valence-electron chi connectivity index (χ3n) is 4.32. The Morgan fingerprint density at radius 3 is 2.90 bits per heavy atom. The summed E-state index contributed by atoms with van der Waals surface area (Å²) in [5.41, 5.74) is 2.66. The third-order valence-corrected chi connectivity index (χ3v) is 4.32. The van der Waals surface area contributed by atoms with Crippen molar-refractivity contribution in [1.82, 2.24) is 9.97 Å². The Balaban J connectivity index is 1.86. The van der Waals surface area contributed by atoms with Crippen molar-refractivity contribution in [2.75, 3.05) is 25.1 Å². The van der Waals surface area contributed by atoms with E-state index in [0.29, 0.717) is 5.92 Å². The van der Waals surface area contributed by atoms with Crippen LogP contribution in [-0.2, 0) is 24.0 Å². The maximum Gasteiger partial charge on any atom is 0.133 e. The molecular weight excluding hydrogens is 250 g/mol. The second-order valence-electron chi connectivity index (χ2n) is 5.94. The molecule has 2 heterocycles. The SMILES string of the molecule is CCNc1nc(CC2CCOC2)nc2c1CCCCC2. The van der Waals surface area contributed by atoms with E-state index >= 15 is 0 Å².